The molecule has 0 fully saturated rings. The van der Waals surface area contributed by atoms with Crippen molar-refractivity contribution >= 4 is 22.6 Å². The van der Waals surface area contributed by atoms with Gasteiger partial charge in [0.15, 0.2) is 0 Å². The van der Waals surface area contributed by atoms with Crippen molar-refractivity contribution in [1.29, 1.82) is 0 Å². The predicted molar refractivity (Wildman–Crippen MR) is 88.6 cm³/mol. The molecule has 3 aromatic rings. The number of carbonyl (C=O) groups is 1. The summed E-state index contributed by atoms with van der Waals surface area (Å²) < 4.78 is 4.61. The van der Waals surface area contributed by atoms with Gasteiger partial charge in [-0.1, -0.05) is 6.07 Å². The van der Waals surface area contributed by atoms with Crippen molar-refractivity contribution in [3.8, 4) is 11.1 Å². The number of carbonyl (C=O) groups excluding carboxylic acids is 1. The number of fused-ring (bicyclic) bond motifs is 1. The van der Waals surface area contributed by atoms with Gasteiger partial charge >= 0.3 is 11.7 Å². The van der Waals surface area contributed by atoms with Gasteiger partial charge in [0.05, 0.1) is 28.5 Å². The minimum atomic E-state index is -0.715. The molecule has 0 spiro atoms. The lowest BCUT2D eigenvalue weighted by molar-refractivity contribution is -0.384. The summed E-state index contributed by atoms with van der Waals surface area (Å²) in [5.41, 5.74) is -0.319. The largest absolute Gasteiger partial charge is 0.465 e. The van der Waals surface area contributed by atoms with E-state index >= 15 is 0 Å². The van der Waals surface area contributed by atoms with E-state index in [0.717, 1.165) is 6.07 Å². The number of hydrogen-bond acceptors (Lipinski definition) is 6. The number of ether oxygens (including phenoxy) is 1. The first-order valence-electron chi connectivity index (χ1n) is 7.03. The molecule has 0 aliphatic heterocycles. The maximum atomic E-state index is 11.9. The third-order valence-electron chi connectivity index (χ3n) is 3.62. The SMILES string of the molecule is COC(=O)c1cc(-c2ccc3[nH]c(=O)[nH]c(=O)c3c2)cc([N+](=O)[O-])c1. The smallest absolute Gasteiger partial charge is 0.338 e. The Hall–Kier alpha value is -3.75. The van der Waals surface area contributed by atoms with Crippen molar-refractivity contribution in [1.82, 2.24) is 9.97 Å². The molecule has 0 aliphatic carbocycles. The molecule has 1 aromatic heterocycles. The van der Waals surface area contributed by atoms with Crippen LogP contribution in [0, 0.1) is 10.1 Å². The van der Waals surface area contributed by atoms with Crippen LogP contribution in [0.2, 0.25) is 0 Å². The minimum Gasteiger partial charge on any atom is -0.465 e. The summed E-state index contributed by atoms with van der Waals surface area (Å²) in [4.78, 5) is 50.0. The zero-order valence-corrected chi connectivity index (χ0v) is 12.9. The fourth-order valence-corrected chi connectivity index (χ4v) is 2.46. The van der Waals surface area contributed by atoms with Gasteiger partial charge in [-0.15, -0.1) is 0 Å². The standard InChI is InChI=1S/C16H11N3O6/c1-25-15(21)10-4-9(5-11(6-10)19(23)24)8-2-3-13-12(7-8)14(20)18-16(22)17-13/h2-7H,1H3,(H2,17,18,20,22). The van der Waals surface area contributed by atoms with Crippen LogP contribution in [0.3, 0.4) is 0 Å². The van der Waals surface area contributed by atoms with E-state index in [1.165, 1.54) is 31.4 Å². The van der Waals surface area contributed by atoms with Crippen molar-refractivity contribution in [2.75, 3.05) is 7.11 Å². The lowest BCUT2D eigenvalue weighted by atomic mass is 10.0. The summed E-state index contributed by atoms with van der Waals surface area (Å²) in [6.07, 6.45) is 0. The number of aromatic amines is 2. The molecular weight excluding hydrogens is 330 g/mol. The summed E-state index contributed by atoms with van der Waals surface area (Å²) >= 11 is 0. The van der Waals surface area contributed by atoms with Gasteiger partial charge in [-0.2, -0.15) is 0 Å². The monoisotopic (exact) mass is 341 g/mol. The van der Waals surface area contributed by atoms with Crippen LogP contribution in [0.15, 0.2) is 46.0 Å². The normalized spacial score (nSPS) is 10.6. The maximum Gasteiger partial charge on any atom is 0.338 e. The highest BCUT2D eigenvalue weighted by Gasteiger charge is 2.16. The lowest BCUT2D eigenvalue weighted by Gasteiger charge is -2.06. The average Bonchev–Trinajstić information content (AvgIpc) is 2.60. The van der Waals surface area contributed by atoms with Crippen LogP contribution in [0.4, 0.5) is 5.69 Å². The topological polar surface area (TPSA) is 135 Å². The maximum absolute atomic E-state index is 11.9. The van der Waals surface area contributed by atoms with Crippen LogP contribution in [0.1, 0.15) is 10.4 Å². The second-order valence-corrected chi connectivity index (χ2v) is 5.19. The first-order valence-corrected chi connectivity index (χ1v) is 7.03. The van der Waals surface area contributed by atoms with Gasteiger partial charge in [-0.05, 0) is 29.3 Å². The van der Waals surface area contributed by atoms with Gasteiger partial charge in [-0.3, -0.25) is 19.9 Å². The second kappa shape index (κ2) is 6.04. The number of non-ortho nitro benzene ring substituents is 1. The van der Waals surface area contributed by atoms with E-state index in [-0.39, 0.29) is 16.6 Å². The van der Waals surface area contributed by atoms with E-state index in [2.05, 4.69) is 14.7 Å². The Morgan fingerprint density at radius 3 is 2.52 bits per heavy atom. The van der Waals surface area contributed by atoms with Crippen LogP contribution in [-0.2, 0) is 4.74 Å². The van der Waals surface area contributed by atoms with E-state index in [4.69, 9.17) is 0 Å². The molecule has 3 rings (SSSR count). The number of nitro groups is 1. The zero-order chi connectivity index (χ0) is 18.1. The Kier molecular flexibility index (Phi) is 3.89. The van der Waals surface area contributed by atoms with Crippen molar-refractivity contribution in [3.05, 3.63) is 72.9 Å². The molecule has 0 unspecified atom stereocenters. The molecule has 2 aromatic carbocycles. The van der Waals surface area contributed by atoms with Crippen LogP contribution < -0.4 is 11.2 Å². The highest BCUT2D eigenvalue weighted by atomic mass is 16.6. The van der Waals surface area contributed by atoms with Gasteiger partial charge in [0.1, 0.15) is 0 Å². The highest BCUT2D eigenvalue weighted by Crippen LogP contribution is 2.27. The molecule has 0 amide bonds. The summed E-state index contributed by atoms with van der Waals surface area (Å²) in [5, 5.41) is 11.3. The first kappa shape index (κ1) is 16.1. The quantitative estimate of drug-likeness (QED) is 0.422. The molecule has 9 nitrogen and oxygen atoms in total. The molecule has 1 heterocycles. The number of hydrogen-bond donors (Lipinski definition) is 2. The minimum absolute atomic E-state index is 0.0159. The van der Waals surface area contributed by atoms with Crippen LogP contribution in [0.5, 0.6) is 0 Å². The molecule has 126 valence electrons. The van der Waals surface area contributed by atoms with Crippen molar-refractivity contribution in [2.45, 2.75) is 0 Å². The van der Waals surface area contributed by atoms with Gasteiger partial charge in [-0.25, -0.2) is 9.59 Å². The molecule has 9 heteroatoms. The van der Waals surface area contributed by atoms with E-state index in [9.17, 15) is 24.5 Å². The molecule has 0 saturated heterocycles. The highest BCUT2D eigenvalue weighted by molar-refractivity contribution is 5.93. The third kappa shape index (κ3) is 3.02. The molecule has 0 saturated carbocycles. The summed E-state index contributed by atoms with van der Waals surface area (Å²) in [7, 11) is 1.17. The van der Waals surface area contributed by atoms with Crippen molar-refractivity contribution in [2.24, 2.45) is 0 Å². The molecule has 25 heavy (non-hydrogen) atoms. The number of methoxy groups -OCH3 is 1. The number of nitrogens with zero attached hydrogens (tertiary/aromatic N) is 1. The number of nitro benzene ring substituents is 1. The Balaban J connectivity index is 2.24. The molecule has 0 atom stereocenters. The Labute approximate surface area is 139 Å². The number of aromatic nitrogens is 2. The molecule has 0 radical (unpaired) electrons. The van der Waals surface area contributed by atoms with Crippen LogP contribution in [0.25, 0.3) is 22.0 Å². The molecule has 0 bridgehead atoms. The van der Waals surface area contributed by atoms with E-state index in [1.54, 1.807) is 6.07 Å². The first-order chi connectivity index (χ1) is 11.9. The van der Waals surface area contributed by atoms with Crippen molar-refractivity contribution in [3.63, 3.8) is 0 Å². The van der Waals surface area contributed by atoms with Gasteiger partial charge in [0.2, 0.25) is 0 Å². The van der Waals surface area contributed by atoms with Crippen molar-refractivity contribution < 1.29 is 14.5 Å². The number of benzene rings is 2. The second-order valence-electron chi connectivity index (χ2n) is 5.19. The van der Waals surface area contributed by atoms with E-state index < -0.39 is 22.1 Å². The van der Waals surface area contributed by atoms with Crippen LogP contribution >= 0.6 is 0 Å². The van der Waals surface area contributed by atoms with Gasteiger partial charge in [0.25, 0.3) is 11.2 Å². The number of esters is 1. The summed E-state index contributed by atoms with van der Waals surface area (Å²) in [5.74, 6) is -0.715. The Morgan fingerprint density at radius 1 is 1.08 bits per heavy atom. The number of rotatable bonds is 3. The predicted octanol–water partition coefficient (Wildman–Crippen LogP) is 1.58. The number of H-pyrrole nitrogens is 2. The van der Waals surface area contributed by atoms with E-state index in [1.807, 2.05) is 0 Å². The van der Waals surface area contributed by atoms with Gasteiger partial charge in [0, 0.05) is 12.1 Å². The molecular formula is C16H11N3O6. The Morgan fingerprint density at radius 2 is 1.84 bits per heavy atom. The number of nitrogens with one attached hydrogen (secondary N) is 2. The Bertz CT molecular complexity index is 1130. The van der Waals surface area contributed by atoms with E-state index in [0.29, 0.717) is 16.6 Å². The fourth-order valence-electron chi connectivity index (χ4n) is 2.46. The fraction of sp³-hybridized carbons (Fsp3) is 0.0625. The zero-order valence-electron chi connectivity index (χ0n) is 12.9. The average molecular weight is 341 g/mol. The van der Waals surface area contributed by atoms with Gasteiger partial charge < -0.3 is 9.72 Å². The summed E-state index contributed by atoms with van der Waals surface area (Å²) in [6, 6.07) is 8.40. The molecule has 2 N–H and O–H groups in total. The third-order valence-corrected chi connectivity index (χ3v) is 3.62. The summed E-state index contributed by atoms with van der Waals surface area (Å²) in [6.45, 7) is 0. The van der Waals surface area contributed by atoms with Crippen LogP contribution in [-0.4, -0.2) is 28.0 Å². The molecule has 0 aliphatic rings. The lowest BCUT2D eigenvalue weighted by Crippen LogP contribution is -2.21.